The van der Waals surface area contributed by atoms with Crippen molar-refractivity contribution in [3.8, 4) is 5.75 Å². The summed E-state index contributed by atoms with van der Waals surface area (Å²) in [6, 6.07) is 7.43. The first kappa shape index (κ1) is 14.8. The maximum absolute atomic E-state index is 5.75. The average molecular weight is 253 g/mol. The van der Waals surface area contributed by atoms with Crippen LogP contribution in [0.4, 0.5) is 5.69 Å². The van der Waals surface area contributed by atoms with Crippen LogP contribution in [0.1, 0.15) is 20.8 Å². The van der Waals surface area contributed by atoms with Crippen LogP contribution in [0, 0.1) is 0 Å². The quantitative estimate of drug-likeness (QED) is 0.599. The second-order valence-electron chi connectivity index (χ2n) is 4.96. The highest BCUT2D eigenvalue weighted by Crippen LogP contribution is 2.19. The monoisotopic (exact) mass is 253 g/mol. The van der Waals surface area contributed by atoms with Gasteiger partial charge in [-0.05, 0) is 32.9 Å². The lowest BCUT2D eigenvalue weighted by Gasteiger charge is -2.19. The van der Waals surface area contributed by atoms with E-state index in [1.807, 2.05) is 45.0 Å². The van der Waals surface area contributed by atoms with Gasteiger partial charge >= 0.3 is 0 Å². The van der Waals surface area contributed by atoms with Crippen molar-refractivity contribution >= 4 is 5.69 Å². The normalized spacial score (nSPS) is 11.5. The predicted molar refractivity (Wildman–Crippen MR) is 72.9 cm³/mol. The highest BCUT2D eigenvalue weighted by Gasteiger charge is 2.08. The van der Waals surface area contributed by atoms with Crippen molar-refractivity contribution in [2.24, 2.45) is 0 Å². The van der Waals surface area contributed by atoms with Crippen LogP contribution in [0.2, 0.25) is 0 Å². The Hall–Kier alpha value is -1.26. The summed E-state index contributed by atoms with van der Waals surface area (Å²) in [5.74, 6) is 0.701. The molecule has 0 aliphatic carbocycles. The topological polar surface area (TPSA) is 53.7 Å². The first-order valence-corrected chi connectivity index (χ1v) is 6.18. The fourth-order valence-corrected chi connectivity index (χ4v) is 1.33. The van der Waals surface area contributed by atoms with E-state index in [4.69, 9.17) is 19.9 Å². The van der Waals surface area contributed by atoms with Crippen LogP contribution in [0.5, 0.6) is 5.75 Å². The summed E-state index contributed by atoms with van der Waals surface area (Å²) in [7, 11) is 0. The average Bonchev–Trinajstić information content (AvgIpc) is 2.28. The van der Waals surface area contributed by atoms with Gasteiger partial charge in [0, 0.05) is 0 Å². The van der Waals surface area contributed by atoms with E-state index in [0.29, 0.717) is 37.9 Å². The number of nitrogens with two attached hydrogens (primary N) is 1. The van der Waals surface area contributed by atoms with Crippen molar-refractivity contribution in [1.29, 1.82) is 0 Å². The Balaban J connectivity index is 2.04. The molecule has 0 saturated heterocycles. The minimum Gasteiger partial charge on any atom is -0.489 e. The number of ether oxygens (including phenoxy) is 3. The fourth-order valence-electron chi connectivity index (χ4n) is 1.33. The zero-order chi connectivity index (χ0) is 13.4. The minimum absolute atomic E-state index is 0.113. The summed E-state index contributed by atoms with van der Waals surface area (Å²) < 4.78 is 16.4. The van der Waals surface area contributed by atoms with E-state index in [9.17, 15) is 0 Å². The summed E-state index contributed by atoms with van der Waals surface area (Å²) in [5.41, 5.74) is 6.28. The maximum atomic E-state index is 5.75. The second kappa shape index (κ2) is 7.24. The molecule has 0 aliphatic heterocycles. The van der Waals surface area contributed by atoms with Gasteiger partial charge in [-0.25, -0.2) is 0 Å². The molecule has 0 atom stereocenters. The van der Waals surface area contributed by atoms with E-state index in [0.717, 1.165) is 0 Å². The van der Waals surface area contributed by atoms with Crippen LogP contribution in [0.15, 0.2) is 24.3 Å². The molecule has 0 saturated carbocycles. The third-order valence-corrected chi connectivity index (χ3v) is 2.17. The fraction of sp³-hybridized carbons (Fsp3) is 0.571. The third kappa shape index (κ3) is 6.47. The lowest BCUT2D eigenvalue weighted by molar-refractivity contribution is -0.0375. The molecule has 0 spiro atoms. The Labute approximate surface area is 109 Å². The van der Waals surface area contributed by atoms with Gasteiger partial charge in [0.25, 0.3) is 0 Å². The molecule has 0 radical (unpaired) electrons. The van der Waals surface area contributed by atoms with Gasteiger partial charge in [0.15, 0.2) is 0 Å². The number of nitrogen functional groups attached to an aromatic ring is 1. The Morgan fingerprint density at radius 2 is 1.67 bits per heavy atom. The first-order valence-electron chi connectivity index (χ1n) is 6.18. The number of hydrogen-bond acceptors (Lipinski definition) is 4. The van der Waals surface area contributed by atoms with E-state index in [1.165, 1.54) is 0 Å². The molecule has 1 rings (SSSR count). The Morgan fingerprint density at radius 3 is 2.33 bits per heavy atom. The van der Waals surface area contributed by atoms with Gasteiger partial charge in [-0.2, -0.15) is 0 Å². The van der Waals surface area contributed by atoms with Crippen LogP contribution in [-0.2, 0) is 9.47 Å². The molecular weight excluding hydrogens is 230 g/mol. The van der Waals surface area contributed by atoms with Crippen LogP contribution >= 0.6 is 0 Å². The third-order valence-electron chi connectivity index (χ3n) is 2.17. The Morgan fingerprint density at radius 1 is 1.00 bits per heavy atom. The van der Waals surface area contributed by atoms with Gasteiger partial charge in [-0.15, -0.1) is 0 Å². The molecule has 0 aliphatic rings. The summed E-state index contributed by atoms with van der Waals surface area (Å²) in [4.78, 5) is 0. The summed E-state index contributed by atoms with van der Waals surface area (Å²) >= 11 is 0. The Bertz CT molecular complexity index is 347. The molecule has 0 aromatic heterocycles. The van der Waals surface area contributed by atoms with Crippen molar-refractivity contribution in [2.45, 2.75) is 26.4 Å². The smallest absolute Gasteiger partial charge is 0.142 e. The van der Waals surface area contributed by atoms with Gasteiger partial charge in [-0.1, -0.05) is 12.1 Å². The molecule has 102 valence electrons. The van der Waals surface area contributed by atoms with Crippen LogP contribution in [0.25, 0.3) is 0 Å². The molecule has 4 nitrogen and oxygen atoms in total. The number of para-hydroxylation sites is 2. The largest absolute Gasteiger partial charge is 0.489 e. The maximum Gasteiger partial charge on any atom is 0.142 e. The van der Waals surface area contributed by atoms with E-state index in [1.54, 1.807) is 0 Å². The molecule has 18 heavy (non-hydrogen) atoms. The highest BCUT2D eigenvalue weighted by atomic mass is 16.5. The number of rotatable bonds is 7. The number of hydrogen-bond donors (Lipinski definition) is 1. The first-order chi connectivity index (χ1) is 8.49. The lowest BCUT2D eigenvalue weighted by atomic mass is 10.2. The van der Waals surface area contributed by atoms with Gasteiger partial charge in [-0.3, -0.25) is 0 Å². The van der Waals surface area contributed by atoms with Crippen LogP contribution < -0.4 is 10.5 Å². The highest BCUT2D eigenvalue weighted by molar-refractivity contribution is 5.51. The Kier molecular flexibility index (Phi) is 5.95. The summed E-state index contributed by atoms with van der Waals surface area (Å²) in [6.45, 7) is 8.25. The molecule has 0 unspecified atom stereocenters. The van der Waals surface area contributed by atoms with Gasteiger partial charge in [0.1, 0.15) is 12.4 Å². The second-order valence-corrected chi connectivity index (χ2v) is 4.96. The SMILES string of the molecule is CC(C)(C)OCCOCCOc1ccccc1N. The standard InChI is InChI=1S/C14H23NO3/c1-14(2,3)18-11-9-16-8-10-17-13-7-5-4-6-12(13)15/h4-7H,8-11,15H2,1-3H3. The summed E-state index contributed by atoms with van der Waals surface area (Å²) in [6.07, 6.45) is 0. The van der Waals surface area contributed by atoms with E-state index < -0.39 is 0 Å². The number of benzene rings is 1. The van der Waals surface area contributed by atoms with Gasteiger partial charge in [0.2, 0.25) is 0 Å². The molecular formula is C14H23NO3. The molecule has 0 fully saturated rings. The minimum atomic E-state index is -0.113. The zero-order valence-electron chi connectivity index (χ0n) is 11.4. The molecule has 0 amide bonds. The number of anilines is 1. The molecule has 1 aromatic carbocycles. The van der Waals surface area contributed by atoms with Gasteiger partial charge < -0.3 is 19.9 Å². The predicted octanol–water partition coefficient (Wildman–Crippen LogP) is 2.48. The van der Waals surface area contributed by atoms with Crippen molar-refractivity contribution in [1.82, 2.24) is 0 Å². The molecule has 1 aromatic rings. The van der Waals surface area contributed by atoms with E-state index >= 15 is 0 Å². The molecule has 0 bridgehead atoms. The van der Waals surface area contributed by atoms with E-state index in [-0.39, 0.29) is 5.60 Å². The van der Waals surface area contributed by atoms with Crippen molar-refractivity contribution in [3.05, 3.63) is 24.3 Å². The van der Waals surface area contributed by atoms with Crippen molar-refractivity contribution in [3.63, 3.8) is 0 Å². The molecule has 2 N–H and O–H groups in total. The molecule has 0 heterocycles. The van der Waals surface area contributed by atoms with Crippen molar-refractivity contribution < 1.29 is 14.2 Å². The zero-order valence-corrected chi connectivity index (χ0v) is 11.4. The lowest BCUT2D eigenvalue weighted by Crippen LogP contribution is -2.22. The van der Waals surface area contributed by atoms with Crippen LogP contribution in [-0.4, -0.2) is 32.0 Å². The van der Waals surface area contributed by atoms with Gasteiger partial charge in [0.05, 0.1) is 31.1 Å². The summed E-state index contributed by atoms with van der Waals surface area (Å²) in [5, 5.41) is 0. The van der Waals surface area contributed by atoms with E-state index in [2.05, 4.69) is 0 Å². The molecule has 4 heteroatoms. The van der Waals surface area contributed by atoms with Crippen LogP contribution in [0.3, 0.4) is 0 Å². The van der Waals surface area contributed by atoms with Crippen molar-refractivity contribution in [2.75, 3.05) is 32.2 Å².